The summed E-state index contributed by atoms with van der Waals surface area (Å²) in [5.41, 5.74) is 0. The summed E-state index contributed by atoms with van der Waals surface area (Å²) in [5, 5.41) is 108. The van der Waals surface area contributed by atoms with E-state index in [1.165, 1.54) is 0 Å². The van der Waals surface area contributed by atoms with Crippen LogP contribution in [0.3, 0.4) is 0 Å². The van der Waals surface area contributed by atoms with E-state index in [1.807, 2.05) is 0 Å². The van der Waals surface area contributed by atoms with Crippen LogP contribution in [0, 0.1) is 0 Å². The van der Waals surface area contributed by atoms with Gasteiger partial charge in [-0.05, 0) is 0 Å². The van der Waals surface area contributed by atoms with Crippen LogP contribution < -0.4 is 0 Å². The van der Waals surface area contributed by atoms with Crippen LogP contribution in [0.5, 0.6) is 0 Å². The van der Waals surface area contributed by atoms with Gasteiger partial charge in [-0.1, -0.05) is 0 Å². The third-order valence-corrected chi connectivity index (χ3v) is 0. The number of hydrogen-bond acceptors (Lipinski definition) is 15. The molecule has 0 bridgehead atoms. The summed E-state index contributed by atoms with van der Waals surface area (Å²) in [7, 11) is -10.8. The fourth-order valence-electron chi connectivity index (χ4n) is 0. The van der Waals surface area contributed by atoms with Crippen LogP contribution in [0.1, 0.15) is 2.85 Å². The summed E-state index contributed by atoms with van der Waals surface area (Å²) in [6.45, 7) is 0. The maximum absolute atomic E-state index is 7.17. The van der Waals surface area contributed by atoms with E-state index in [2.05, 4.69) is 0 Å². The Bertz CT molecular complexity index is 91.6. The fourth-order valence-corrected chi connectivity index (χ4v) is 0. The molecule has 0 unspecified atom stereocenters. The van der Waals surface area contributed by atoms with Crippen molar-refractivity contribution in [1.82, 2.24) is 0 Å². The molecular weight excluding hydrogens is 366 g/mol. The normalized spacial score (nSPS) is 5.87. The Balaban J connectivity index is -0.0000000134. The van der Waals surface area contributed by atoms with Crippen molar-refractivity contribution in [3.8, 4) is 0 Å². The van der Waals surface area contributed by atoms with Crippen LogP contribution in [-0.2, 0) is 0 Å². The first-order valence-electron chi connectivity index (χ1n) is 3.87. The zero-order chi connectivity index (χ0) is 17.9. The zero-order valence-electron chi connectivity index (χ0n) is 13.3. The molecule has 0 aromatic heterocycles. The van der Waals surface area contributed by atoms with E-state index in [1.54, 1.807) is 0 Å². The Kier molecular flexibility index (Phi) is 93.6. The predicted octanol–water partition coefficient (Wildman–Crippen LogP) is -12.1. The van der Waals surface area contributed by atoms with E-state index in [0.29, 0.717) is 0 Å². The van der Waals surface area contributed by atoms with Crippen molar-refractivity contribution in [2.24, 2.45) is 0 Å². The molecule has 0 radical (unpaired) electrons. The van der Waals surface area contributed by atoms with Crippen molar-refractivity contribution in [2.75, 3.05) is 0 Å². The van der Waals surface area contributed by atoms with Crippen molar-refractivity contribution in [3.05, 3.63) is 0 Å². The van der Waals surface area contributed by atoms with Crippen molar-refractivity contribution in [2.45, 2.75) is 0 Å². The molecule has 0 heterocycles. The van der Waals surface area contributed by atoms with Crippen LogP contribution in [0.25, 0.3) is 0 Å². The summed E-state index contributed by atoms with van der Waals surface area (Å²) in [6.07, 6.45) is 0. The molecule has 23 heteroatoms. The Hall–Kier alpha value is 0.904. The van der Waals surface area contributed by atoms with Gasteiger partial charge >= 0.3 is 74.3 Å². The maximum Gasteiger partial charge on any atom is 2.00 e. The molecule has 0 aromatic carbocycles. The molecule has 0 aromatic rings. The van der Waals surface area contributed by atoms with E-state index in [9.17, 15) is 0 Å². The van der Waals surface area contributed by atoms with Gasteiger partial charge in [-0.2, -0.15) is 0 Å². The zero-order valence-corrected chi connectivity index (χ0v) is 13.5. The van der Waals surface area contributed by atoms with Gasteiger partial charge in [0.15, 0.2) is 0 Å². The summed E-state index contributed by atoms with van der Waals surface area (Å²) >= 11 is 0. The van der Waals surface area contributed by atoms with Crippen molar-refractivity contribution >= 4 is 74.3 Å². The van der Waals surface area contributed by atoms with Crippen molar-refractivity contribution < 1.29 is 89.2 Å². The minimum atomic E-state index is -2.17. The average molecular weight is 387 g/mol. The van der Waals surface area contributed by atoms with Gasteiger partial charge in [-0.25, -0.2) is 0 Å². The summed E-state index contributed by atoms with van der Waals surface area (Å²) < 4.78 is 0. The van der Waals surface area contributed by atoms with Gasteiger partial charge in [0.2, 0.25) is 0 Å². The standard InChI is InChI=1S/5BH3O3.Ca.2H2O.2H/c5*2-1(3)4;;;;;/h5*2-4H;;2*1H2;;/q;;;;;+2;;;2*-1. The van der Waals surface area contributed by atoms with E-state index in [0.717, 1.165) is 0 Å². The molecule has 0 aliphatic rings. The molecule has 0 amide bonds. The second-order valence-corrected chi connectivity index (χ2v) is 1.73. The first-order chi connectivity index (χ1) is 8.66. The van der Waals surface area contributed by atoms with Gasteiger partial charge in [-0.3, -0.25) is 0 Å². The van der Waals surface area contributed by atoms with Gasteiger partial charge in [0, 0.05) is 0 Å². The minimum Gasteiger partial charge on any atom is -1.00 e. The Morgan fingerprint density at radius 3 is 0.304 bits per heavy atom. The molecule has 140 valence electrons. The van der Waals surface area contributed by atoms with Crippen molar-refractivity contribution in [1.29, 1.82) is 0 Å². The predicted molar refractivity (Wildman–Crippen MR) is 77.3 cm³/mol. The van der Waals surface area contributed by atoms with Gasteiger partial charge < -0.3 is 89.2 Å². The third-order valence-electron chi connectivity index (χ3n) is 0. The van der Waals surface area contributed by atoms with Crippen LogP contribution in [0.2, 0.25) is 0 Å². The topological polar surface area (TPSA) is 366 Å². The smallest absolute Gasteiger partial charge is 1.00 e. The molecule has 0 spiro atoms. The molecule has 23 heavy (non-hydrogen) atoms. The van der Waals surface area contributed by atoms with E-state index < -0.39 is 36.6 Å². The third kappa shape index (κ3) is 12200. The Morgan fingerprint density at radius 2 is 0.304 bits per heavy atom. The van der Waals surface area contributed by atoms with Crippen LogP contribution in [0.15, 0.2) is 0 Å². The quantitative estimate of drug-likeness (QED) is 0.171. The Morgan fingerprint density at radius 1 is 0.304 bits per heavy atom. The molecule has 0 atom stereocenters. The molecular formula is H21B5CaO17. The maximum atomic E-state index is 7.17. The summed E-state index contributed by atoms with van der Waals surface area (Å²) in [6, 6.07) is 0. The van der Waals surface area contributed by atoms with Gasteiger partial charge in [0.05, 0.1) is 0 Å². The monoisotopic (exact) mass is 388 g/mol. The average Bonchev–Trinajstić information content (AvgIpc) is 1.94. The number of rotatable bonds is 0. The SMILES string of the molecule is O.O.OB(O)O.OB(O)O.OB(O)O.OB(O)O.OB(O)O.[Ca+2].[H-].[H-]. The second kappa shape index (κ2) is 43.4. The largest absolute Gasteiger partial charge is 2.00 e. The van der Waals surface area contributed by atoms with Crippen LogP contribution in [-0.4, -0.2) is 161 Å². The summed E-state index contributed by atoms with van der Waals surface area (Å²) in [4.78, 5) is 0. The first-order valence-corrected chi connectivity index (χ1v) is 3.87. The fraction of sp³-hybridized carbons (Fsp3) is 0. The van der Waals surface area contributed by atoms with Gasteiger partial charge in [0.1, 0.15) is 0 Å². The van der Waals surface area contributed by atoms with Crippen LogP contribution in [0.4, 0.5) is 0 Å². The molecule has 0 aliphatic carbocycles. The first kappa shape index (κ1) is 49.6. The molecule has 0 fully saturated rings. The Labute approximate surface area is 163 Å². The van der Waals surface area contributed by atoms with Crippen LogP contribution >= 0.6 is 0 Å². The minimum absolute atomic E-state index is 0. The molecule has 0 rings (SSSR count). The van der Waals surface area contributed by atoms with Crippen molar-refractivity contribution in [3.63, 3.8) is 0 Å². The van der Waals surface area contributed by atoms with Gasteiger partial charge in [0.25, 0.3) is 0 Å². The molecule has 19 N–H and O–H groups in total. The van der Waals surface area contributed by atoms with E-state index in [-0.39, 0.29) is 51.5 Å². The van der Waals surface area contributed by atoms with Gasteiger partial charge in [-0.15, -0.1) is 0 Å². The van der Waals surface area contributed by atoms with E-state index in [4.69, 9.17) is 75.4 Å². The molecule has 0 aliphatic heterocycles. The van der Waals surface area contributed by atoms with E-state index >= 15 is 0 Å². The molecule has 0 saturated carbocycles. The molecule has 0 saturated heterocycles. The second-order valence-electron chi connectivity index (χ2n) is 1.73. The summed E-state index contributed by atoms with van der Waals surface area (Å²) in [5.74, 6) is 0. The number of hydrogen-bond donors (Lipinski definition) is 15. The molecule has 17 nitrogen and oxygen atoms in total.